The highest BCUT2D eigenvalue weighted by molar-refractivity contribution is 9.10. The Hall–Kier alpha value is -0.620. The van der Waals surface area contributed by atoms with Gasteiger partial charge in [0.2, 0.25) is 0 Å². The number of nitrogens with zero attached hydrogens (tertiary/aromatic N) is 1. The quantitative estimate of drug-likeness (QED) is 0.894. The first-order valence-corrected chi connectivity index (χ1v) is 7.21. The Bertz CT molecular complexity index is 496. The van der Waals surface area contributed by atoms with Gasteiger partial charge in [-0.3, -0.25) is 4.79 Å². The SMILES string of the molecule is Cc1cc(Br)c(NC(=O)[C@H]2CN(C)CCO2)cc1Cl. The largest absolute Gasteiger partial charge is 0.366 e. The van der Waals surface area contributed by atoms with Gasteiger partial charge in [0.25, 0.3) is 5.91 Å². The van der Waals surface area contributed by atoms with Gasteiger partial charge in [0, 0.05) is 22.6 Å². The van der Waals surface area contributed by atoms with Gasteiger partial charge in [0.05, 0.1) is 12.3 Å². The average molecular weight is 348 g/mol. The van der Waals surface area contributed by atoms with E-state index in [2.05, 4.69) is 26.1 Å². The Labute approximate surface area is 126 Å². The maximum absolute atomic E-state index is 12.1. The van der Waals surface area contributed by atoms with Crippen LogP contribution in [0.25, 0.3) is 0 Å². The number of anilines is 1. The van der Waals surface area contributed by atoms with E-state index in [4.69, 9.17) is 16.3 Å². The highest BCUT2D eigenvalue weighted by atomic mass is 79.9. The van der Waals surface area contributed by atoms with Crippen LogP contribution in [0.1, 0.15) is 5.56 Å². The molecular formula is C13H16BrClN2O2. The third kappa shape index (κ3) is 3.69. The van der Waals surface area contributed by atoms with Gasteiger partial charge in [-0.15, -0.1) is 0 Å². The van der Waals surface area contributed by atoms with Crippen LogP contribution in [0.15, 0.2) is 16.6 Å². The lowest BCUT2D eigenvalue weighted by Gasteiger charge is -2.29. The standard InChI is InChI=1S/C13H16BrClN2O2/c1-8-5-9(14)11(6-10(8)15)16-13(18)12-7-17(2)3-4-19-12/h5-6,12H,3-4,7H2,1-2H3,(H,16,18)/t12-/m1/s1. The van der Waals surface area contributed by atoms with Crippen LogP contribution in [0.4, 0.5) is 5.69 Å². The zero-order valence-corrected chi connectivity index (χ0v) is 13.2. The van der Waals surface area contributed by atoms with Gasteiger partial charge in [-0.25, -0.2) is 0 Å². The van der Waals surface area contributed by atoms with E-state index >= 15 is 0 Å². The van der Waals surface area contributed by atoms with Gasteiger partial charge in [-0.1, -0.05) is 11.6 Å². The molecule has 1 aliphatic rings. The molecule has 1 saturated heterocycles. The van der Waals surface area contributed by atoms with Crippen LogP contribution in [0.3, 0.4) is 0 Å². The molecule has 0 radical (unpaired) electrons. The number of hydrogen-bond acceptors (Lipinski definition) is 3. The minimum atomic E-state index is -0.439. The van der Waals surface area contributed by atoms with E-state index in [9.17, 15) is 4.79 Å². The van der Waals surface area contributed by atoms with E-state index < -0.39 is 6.10 Å². The summed E-state index contributed by atoms with van der Waals surface area (Å²) in [7, 11) is 1.97. The first-order chi connectivity index (χ1) is 8.97. The molecule has 0 spiro atoms. The Kier molecular flexibility index (Phi) is 4.84. The zero-order chi connectivity index (χ0) is 14.0. The molecule has 2 rings (SSSR count). The van der Waals surface area contributed by atoms with Crippen LogP contribution in [0, 0.1) is 6.92 Å². The van der Waals surface area contributed by atoms with Crippen molar-refractivity contribution in [1.82, 2.24) is 4.90 Å². The maximum Gasteiger partial charge on any atom is 0.254 e. The number of amides is 1. The number of hydrogen-bond donors (Lipinski definition) is 1. The zero-order valence-electron chi connectivity index (χ0n) is 10.9. The van der Waals surface area contributed by atoms with Gasteiger partial charge in [0.1, 0.15) is 6.10 Å². The lowest BCUT2D eigenvalue weighted by Crippen LogP contribution is -2.46. The Morgan fingerprint density at radius 1 is 1.58 bits per heavy atom. The molecule has 19 heavy (non-hydrogen) atoms. The molecule has 0 aliphatic carbocycles. The molecule has 1 atom stereocenters. The van der Waals surface area contributed by atoms with Crippen molar-refractivity contribution in [3.8, 4) is 0 Å². The summed E-state index contributed by atoms with van der Waals surface area (Å²) >= 11 is 9.49. The smallest absolute Gasteiger partial charge is 0.254 e. The van der Waals surface area contributed by atoms with E-state index in [0.29, 0.717) is 23.9 Å². The monoisotopic (exact) mass is 346 g/mol. The number of aryl methyl sites for hydroxylation is 1. The highest BCUT2D eigenvalue weighted by Crippen LogP contribution is 2.29. The third-order valence-electron chi connectivity index (χ3n) is 3.07. The molecule has 0 saturated carbocycles. The fraction of sp³-hybridized carbons (Fsp3) is 0.462. The van der Waals surface area contributed by atoms with Crippen molar-refractivity contribution in [2.75, 3.05) is 32.1 Å². The molecule has 0 unspecified atom stereocenters. The molecule has 104 valence electrons. The summed E-state index contributed by atoms with van der Waals surface area (Å²) in [5.41, 5.74) is 1.62. The summed E-state index contributed by atoms with van der Waals surface area (Å²) in [6, 6.07) is 3.62. The number of rotatable bonds is 2. The molecule has 1 aliphatic heterocycles. The van der Waals surface area contributed by atoms with Crippen molar-refractivity contribution in [3.05, 3.63) is 27.2 Å². The van der Waals surface area contributed by atoms with Gasteiger partial charge in [0.15, 0.2) is 0 Å². The van der Waals surface area contributed by atoms with Crippen molar-refractivity contribution in [3.63, 3.8) is 0 Å². The van der Waals surface area contributed by atoms with Gasteiger partial charge < -0.3 is 15.0 Å². The lowest BCUT2D eigenvalue weighted by atomic mass is 10.2. The molecule has 1 amide bonds. The third-order valence-corrected chi connectivity index (χ3v) is 4.13. The van der Waals surface area contributed by atoms with Crippen LogP contribution < -0.4 is 5.32 Å². The Balaban J connectivity index is 2.08. The van der Waals surface area contributed by atoms with E-state index in [0.717, 1.165) is 16.6 Å². The molecular weight excluding hydrogens is 332 g/mol. The minimum Gasteiger partial charge on any atom is -0.366 e. The fourth-order valence-electron chi connectivity index (χ4n) is 1.89. The number of nitrogens with one attached hydrogen (secondary N) is 1. The topological polar surface area (TPSA) is 41.6 Å². The van der Waals surface area contributed by atoms with Gasteiger partial charge >= 0.3 is 0 Å². The second-order valence-electron chi connectivity index (χ2n) is 4.69. The highest BCUT2D eigenvalue weighted by Gasteiger charge is 2.25. The van der Waals surface area contributed by atoms with Crippen LogP contribution in [-0.2, 0) is 9.53 Å². The normalized spacial score (nSPS) is 20.3. The van der Waals surface area contributed by atoms with Crippen LogP contribution >= 0.6 is 27.5 Å². The minimum absolute atomic E-state index is 0.146. The number of likely N-dealkylation sites (N-methyl/N-ethyl adjacent to an activating group) is 1. The Morgan fingerprint density at radius 3 is 3.00 bits per heavy atom. The summed E-state index contributed by atoms with van der Waals surface area (Å²) in [5, 5.41) is 3.47. The molecule has 1 N–H and O–H groups in total. The second kappa shape index (κ2) is 6.22. The number of halogens is 2. The van der Waals surface area contributed by atoms with Crippen LogP contribution in [-0.4, -0.2) is 43.7 Å². The summed E-state index contributed by atoms with van der Waals surface area (Å²) in [5.74, 6) is -0.146. The first-order valence-electron chi connectivity index (χ1n) is 6.04. The summed E-state index contributed by atoms with van der Waals surface area (Å²) < 4.78 is 6.29. The number of benzene rings is 1. The van der Waals surface area contributed by atoms with Gasteiger partial charge in [-0.2, -0.15) is 0 Å². The van der Waals surface area contributed by atoms with Crippen molar-refractivity contribution in [1.29, 1.82) is 0 Å². The number of ether oxygens (including phenoxy) is 1. The van der Waals surface area contributed by atoms with E-state index in [1.807, 2.05) is 20.0 Å². The lowest BCUT2D eigenvalue weighted by molar-refractivity contribution is -0.132. The predicted octanol–water partition coefficient (Wildman–Crippen LogP) is 2.68. The second-order valence-corrected chi connectivity index (χ2v) is 5.95. The number of carbonyl (C=O) groups is 1. The molecule has 0 aromatic heterocycles. The average Bonchev–Trinajstić information content (AvgIpc) is 2.36. The summed E-state index contributed by atoms with van der Waals surface area (Å²) in [6.45, 7) is 3.94. The van der Waals surface area contributed by atoms with Crippen molar-refractivity contribution < 1.29 is 9.53 Å². The van der Waals surface area contributed by atoms with Crippen LogP contribution in [0.2, 0.25) is 5.02 Å². The molecule has 4 nitrogen and oxygen atoms in total. The predicted molar refractivity (Wildman–Crippen MR) is 79.8 cm³/mol. The fourth-order valence-corrected chi connectivity index (χ4v) is 2.61. The van der Waals surface area contributed by atoms with Crippen molar-refractivity contribution in [2.45, 2.75) is 13.0 Å². The van der Waals surface area contributed by atoms with Crippen molar-refractivity contribution >= 4 is 39.1 Å². The number of morpholine rings is 1. The van der Waals surface area contributed by atoms with E-state index in [1.54, 1.807) is 6.07 Å². The summed E-state index contributed by atoms with van der Waals surface area (Å²) in [4.78, 5) is 14.2. The molecule has 1 fully saturated rings. The van der Waals surface area contributed by atoms with E-state index in [1.165, 1.54) is 0 Å². The van der Waals surface area contributed by atoms with Crippen LogP contribution in [0.5, 0.6) is 0 Å². The Morgan fingerprint density at radius 2 is 2.32 bits per heavy atom. The first kappa shape index (κ1) is 14.8. The molecule has 0 bridgehead atoms. The van der Waals surface area contributed by atoms with Crippen molar-refractivity contribution in [2.24, 2.45) is 0 Å². The maximum atomic E-state index is 12.1. The molecule has 1 aromatic carbocycles. The van der Waals surface area contributed by atoms with E-state index in [-0.39, 0.29) is 5.91 Å². The molecule has 6 heteroatoms. The summed E-state index contributed by atoms with van der Waals surface area (Å²) in [6.07, 6.45) is -0.439. The molecule has 1 aromatic rings. The number of carbonyl (C=O) groups excluding carboxylic acids is 1. The van der Waals surface area contributed by atoms with Gasteiger partial charge in [-0.05, 0) is 47.6 Å². The molecule has 1 heterocycles.